The van der Waals surface area contributed by atoms with Crippen LogP contribution in [0.15, 0.2) is 83.4 Å². The summed E-state index contributed by atoms with van der Waals surface area (Å²) in [6, 6.07) is 20.3. The maximum Gasteiger partial charge on any atom is 0.271 e. The number of hydrogen-bond donors (Lipinski definition) is 0. The maximum atomic E-state index is 13.4. The van der Waals surface area contributed by atoms with Crippen LogP contribution in [0.25, 0.3) is 6.08 Å². The van der Waals surface area contributed by atoms with Gasteiger partial charge in [0.2, 0.25) is 6.79 Å². The molecule has 8 heteroatoms. The van der Waals surface area contributed by atoms with Crippen LogP contribution in [0.1, 0.15) is 23.6 Å². The highest BCUT2D eigenvalue weighted by Gasteiger charge is 2.35. The van der Waals surface area contributed by atoms with Crippen molar-refractivity contribution in [2.75, 3.05) is 6.79 Å². The lowest BCUT2D eigenvalue weighted by Crippen LogP contribution is -2.42. The van der Waals surface area contributed by atoms with Crippen LogP contribution < -0.4 is 14.2 Å². The predicted molar refractivity (Wildman–Crippen MR) is 132 cm³/mol. The highest BCUT2D eigenvalue weighted by Crippen LogP contribution is 2.34. The van der Waals surface area contributed by atoms with Gasteiger partial charge in [0.1, 0.15) is 29.8 Å². The molecule has 37 heavy (non-hydrogen) atoms. The summed E-state index contributed by atoms with van der Waals surface area (Å²) < 4.78 is 29.5. The van der Waals surface area contributed by atoms with Crippen LogP contribution in [0.2, 0.25) is 0 Å². The Hall–Kier alpha value is -4.90. The normalized spacial score (nSPS) is 15.8. The van der Waals surface area contributed by atoms with E-state index in [4.69, 9.17) is 14.2 Å². The highest BCUT2D eigenvalue weighted by atomic mass is 19.1. The molecule has 0 fully saturated rings. The molecule has 184 valence electrons. The van der Waals surface area contributed by atoms with Gasteiger partial charge in [-0.15, -0.1) is 0 Å². The number of carbonyl (C=O) groups is 2. The summed E-state index contributed by atoms with van der Waals surface area (Å²) >= 11 is 0. The van der Waals surface area contributed by atoms with E-state index < -0.39 is 11.8 Å². The third kappa shape index (κ3) is 4.93. The van der Waals surface area contributed by atoms with E-state index in [1.807, 2.05) is 6.07 Å². The average Bonchev–Trinajstić information content (AvgIpc) is 3.38. The molecule has 0 bridgehead atoms. The predicted octanol–water partition coefficient (Wildman–Crippen LogP) is 4.93. The third-order valence-corrected chi connectivity index (χ3v) is 6.11. The van der Waals surface area contributed by atoms with Crippen LogP contribution in [-0.2, 0) is 22.7 Å². The van der Waals surface area contributed by atoms with E-state index >= 15 is 0 Å². The van der Waals surface area contributed by atoms with Gasteiger partial charge >= 0.3 is 0 Å². The molecule has 0 N–H and O–H groups in total. The van der Waals surface area contributed by atoms with Crippen LogP contribution in [0.5, 0.6) is 17.2 Å². The Morgan fingerprint density at radius 1 is 0.973 bits per heavy atom. The molecule has 3 aromatic rings. The number of hydrogen-bond acceptors (Lipinski definition) is 6. The van der Waals surface area contributed by atoms with E-state index in [9.17, 15) is 19.2 Å². The van der Waals surface area contributed by atoms with Crippen molar-refractivity contribution in [3.8, 4) is 23.3 Å². The van der Waals surface area contributed by atoms with E-state index in [1.165, 1.54) is 12.1 Å². The Kier molecular flexibility index (Phi) is 6.43. The van der Waals surface area contributed by atoms with Gasteiger partial charge in [0.05, 0.1) is 6.54 Å². The molecule has 2 aliphatic heterocycles. The largest absolute Gasteiger partial charge is 0.489 e. The molecular formula is C29H21FN2O5. The minimum absolute atomic E-state index is 0.0136. The second-order valence-corrected chi connectivity index (χ2v) is 8.54. The van der Waals surface area contributed by atoms with Gasteiger partial charge in [-0.05, 0) is 71.7 Å². The van der Waals surface area contributed by atoms with Gasteiger partial charge in [-0.25, -0.2) is 4.39 Å². The lowest BCUT2D eigenvalue weighted by atomic mass is 9.93. The molecule has 0 aromatic heterocycles. The van der Waals surface area contributed by atoms with Crippen molar-refractivity contribution in [2.45, 2.75) is 20.1 Å². The fraction of sp³-hybridized carbons (Fsp3) is 0.138. The molecular weight excluding hydrogens is 475 g/mol. The molecule has 2 amide bonds. The monoisotopic (exact) mass is 496 g/mol. The summed E-state index contributed by atoms with van der Waals surface area (Å²) in [5, 5.41) is 9.65. The lowest BCUT2D eigenvalue weighted by Gasteiger charge is -2.27. The molecule has 0 radical (unpaired) electrons. The van der Waals surface area contributed by atoms with Crippen molar-refractivity contribution in [3.05, 3.63) is 106 Å². The first-order valence-electron chi connectivity index (χ1n) is 11.5. The van der Waals surface area contributed by atoms with Crippen molar-refractivity contribution in [1.29, 1.82) is 5.26 Å². The molecule has 0 atom stereocenters. The summed E-state index contributed by atoms with van der Waals surface area (Å²) in [6.07, 6.45) is 1.65. The minimum atomic E-state index is -0.635. The first kappa shape index (κ1) is 23.8. The third-order valence-electron chi connectivity index (χ3n) is 6.11. The summed E-state index contributed by atoms with van der Waals surface area (Å²) in [4.78, 5) is 27.4. The van der Waals surface area contributed by atoms with E-state index in [1.54, 1.807) is 67.6 Å². The molecule has 0 aliphatic carbocycles. The number of rotatable bonds is 6. The Balaban J connectivity index is 1.36. The molecule has 0 unspecified atom stereocenters. The lowest BCUT2D eigenvalue weighted by molar-refractivity contribution is -0.141. The van der Waals surface area contributed by atoms with E-state index in [0.717, 1.165) is 10.5 Å². The zero-order chi connectivity index (χ0) is 25.9. The van der Waals surface area contributed by atoms with Gasteiger partial charge in [0.25, 0.3) is 11.8 Å². The standard InChI is InChI=1S/C29H21FN2O5/c1-18-24(12-19-4-9-23(10-5-19)35-16-20-2-7-22(30)8-3-20)28(33)32(29(34)25(18)14-31)15-21-6-11-26-27(13-21)37-17-36-26/h2-13H,15-17H2,1H3/b24-12+. The molecule has 7 nitrogen and oxygen atoms in total. The number of nitrogens with zero attached hydrogens (tertiary/aromatic N) is 2. The van der Waals surface area contributed by atoms with Gasteiger partial charge in [0.15, 0.2) is 11.5 Å². The van der Waals surface area contributed by atoms with Crippen LogP contribution in [0.3, 0.4) is 0 Å². The molecule has 0 saturated carbocycles. The van der Waals surface area contributed by atoms with Gasteiger partial charge in [0, 0.05) is 5.57 Å². The van der Waals surface area contributed by atoms with E-state index in [2.05, 4.69) is 0 Å². The van der Waals surface area contributed by atoms with Crippen LogP contribution >= 0.6 is 0 Å². The fourth-order valence-corrected chi connectivity index (χ4v) is 4.07. The zero-order valence-corrected chi connectivity index (χ0v) is 19.9. The summed E-state index contributed by atoms with van der Waals surface area (Å²) in [5.41, 5.74) is 2.72. The quantitative estimate of drug-likeness (QED) is 0.355. The van der Waals surface area contributed by atoms with Crippen LogP contribution in [-0.4, -0.2) is 23.5 Å². The van der Waals surface area contributed by atoms with Gasteiger partial charge < -0.3 is 14.2 Å². The van der Waals surface area contributed by atoms with Crippen LogP contribution in [0.4, 0.5) is 4.39 Å². The van der Waals surface area contributed by atoms with Crippen molar-refractivity contribution < 1.29 is 28.2 Å². The Morgan fingerprint density at radius 3 is 2.41 bits per heavy atom. The number of amides is 2. The second kappa shape index (κ2) is 9.99. The topological polar surface area (TPSA) is 88.9 Å². The number of carbonyl (C=O) groups excluding carboxylic acids is 2. The summed E-state index contributed by atoms with van der Waals surface area (Å²) in [5.74, 6) is 0.308. The molecule has 3 aromatic carbocycles. The number of benzene rings is 3. The Morgan fingerprint density at radius 2 is 1.68 bits per heavy atom. The van der Waals surface area contributed by atoms with Crippen LogP contribution in [0, 0.1) is 17.1 Å². The molecule has 2 aliphatic rings. The molecule has 0 spiro atoms. The molecule has 0 saturated heterocycles. The number of ether oxygens (including phenoxy) is 3. The Bertz CT molecular complexity index is 1480. The smallest absolute Gasteiger partial charge is 0.271 e. The van der Waals surface area contributed by atoms with Gasteiger partial charge in [-0.3, -0.25) is 14.5 Å². The number of imide groups is 1. The minimum Gasteiger partial charge on any atom is -0.489 e. The summed E-state index contributed by atoms with van der Waals surface area (Å²) in [7, 11) is 0. The maximum absolute atomic E-state index is 13.4. The summed E-state index contributed by atoms with van der Waals surface area (Å²) in [6.45, 7) is 1.98. The first-order valence-corrected chi connectivity index (χ1v) is 11.5. The van der Waals surface area contributed by atoms with Crippen molar-refractivity contribution in [1.82, 2.24) is 4.90 Å². The highest BCUT2D eigenvalue weighted by molar-refractivity contribution is 6.19. The number of fused-ring (bicyclic) bond motifs is 1. The molecule has 2 heterocycles. The SMILES string of the molecule is CC1=C(C#N)C(=O)N(Cc2ccc3c(c2)OCO3)C(=O)/C1=C/c1ccc(OCc2ccc(F)cc2)cc1. The van der Waals surface area contributed by atoms with Crippen molar-refractivity contribution >= 4 is 17.9 Å². The zero-order valence-electron chi connectivity index (χ0n) is 19.9. The average molecular weight is 496 g/mol. The fourth-order valence-electron chi connectivity index (χ4n) is 4.07. The van der Waals surface area contributed by atoms with Crippen molar-refractivity contribution in [3.63, 3.8) is 0 Å². The van der Waals surface area contributed by atoms with Crippen molar-refractivity contribution in [2.24, 2.45) is 0 Å². The van der Waals surface area contributed by atoms with E-state index in [0.29, 0.717) is 33.9 Å². The van der Waals surface area contributed by atoms with E-state index in [-0.39, 0.29) is 36.9 Å². The Labute approximate surface area is 212 Å². The number of halogens is 1. The first-order chi connectivity index (χ1) is 17.9. The van der Waals surface area contributed by atoms with Gasteiger partial charge in [-0.2, -0.15) is 5.26 Å². The molecule has 5 rings (SSSR count). The number of nitriles is 1. The second-order valence-electron chi connectivity index (χ2n) is 8.54. The van der Waals surface area contributed by atoms with Gasteiger partial charge in [-0.1, -0.05) is 30.3 Å².